The number of hydrogen-bond donors (Lipinski definition) is 1. The van der Waals surface area contributed by atoms with Crippen molar-refractivity contribution in [3.63, 3.8) is 0 Å². The summed E-state index contributed by atoms with van der Waals surface area (Å²) in [5.41, 5.74) is 0. The summed E-state index contributed by atoms with van der Waals surface area (Å²) in [6, 6.07) is 0.494. The average molecular weight is 263 g/mol. The molecule has 104 valence electrons. The van der Waals surface area contributed by atoms with E-state index in [-0.39, 0.29) is 0 Å². The molecule has 17 heavy (non-hydrogen) atoms. The fourth-order valence-electron chi connectivity index (χ4n) is 1.69. The molecule has 0 spiro atoms. The first kappa shape index (κ1) is 16.9. The third-order valence-electron chi connectivity index (χ3n) is 3.22. The van der Waals surface area contributed by atoms with Gasteiger partial charge in [0.25, 0.3) is 0 Å². The highest BCUT2D eigenvalue weighted by Crippen LogP contribution is 2.16. The largest absolute Gasteiger partial charge is 0.314 e. The Morgan fingerprint density at radius 2 is 1.59 bits per heavy atom. The van der Waals surface area contributed by atoms with Crippen LogP contribution in [0.3, 0.4) is 0 Å². The van der Waals surface area contributed by atoms with Gasteiger partial charge in [-0.3, -0.25) is 0 Å². The zero-order valence-corrected chi connectivity index (χ0v) is 12.8. The van der Waals surface area contributed by atoms with Gasteiger partial charge in [-0.25, -0.2) is 8.42 Å². The third-order valence-corrected chi connectivity index (χ3v) is 5.11. The number of hydrogen-bond acceptors (Lipinski definition) is 3. The van der Waals surface area contributed by atoms with E-state index in [1.165, 1.54) is 0 Å². The van der Waals surface area contributed by atoms with Crippen LogP contribution >= 0.6 is 0 Å². The van der Waals surface area contributed by atoms with E-state index in [1.54, 1.807) is 0 Å². The second-order valence-electron chi connectivity index (χ2n) is 5.46. The molecule has 0 bridgehead atoms. The molecule has 0 rings (SSSR count). The highest BCUT2D eigenvalue weighted by Gasteiger charge is 2.16. The Morgan fingerprint density at radius 3 is 2.06 bits per heavy atom. The molecule has 1 N–H and O–H groups in total. The number of rotatable bonds is 9. The van der Waals surface area contributed by atoms with Crippen LogP contribution in [0.1, 0.15) is 47.5 Å². The van der Waals surface area contributed by atoms with Crippen molar-refractivity contribution in [3.8, 4) is 0 Å². The van der Waals surface area contributed by atoms with E-state index in [2.05, 4.69) is 33.0 Å². The summed E-state index contributed by atoms with van der Waals surface area (Å²) < 4.78 is 23.2. The van der Waals surface area contributed by atoms with Crippen molar-refractivity contribution in [2.24, 2.45) is 11.8 Å². The SMILES string of the molecule is CCCS(=O)(=O)CCC(C)C(C)CNC(C)C. The third kappa shape index (κ3) is 8.61. The fraction of sp³-hybridized carbons (Fsp3) is 1.00. The first-order chi connectivity index (χ1) is 7.78. The van der Waals surface area contributed by atoms with Gasteiger partial charge in [-0.2, -0.15) is 0 Å². The summed E-state index contributed by atoms with van der Waals surface area (Å²) in [6.45, 7) is 11.5. The van der Waals surface area contributed by atoms with Crippen molar-refractivity contribution in [1.29, 1.82) is 0 Å². The molecule has 0 saturated heterocycles. The molecule has 0 radical (unpaired) electrons. The van der Waals surface area contributed by atoms with Gasteiger partial charge in [0.1, 0.15) is 9.84 Å². The molecule has 0 amide bonds. The monoisotopic (exact) mass is 263 g/mol. The molecule has 0 heterocycles. The summed E-state index contributed by atoms with van der Waals surface area (Å²) in [5, 5.41) is 3.40. The molecule has 0 aromatic carbocycles. The lowest BCUT2D eigenvalue weighted by Gasteiger charge is -2.21. The molecule has 0 aromatic rings. The predicted octanol–water partition coefficient (Wildman–Crippen LogP) is 2.47. The number of nitrogens with one attached hydrogen (secondary N) is 1. The van der Waals surface area contributed by atoms with Crippen LogP contribution in [0.25, 0.3) is 0 Å². The van der Waals surface area contributed by atoms with E-state index in [1.807, 2.05) is 6.92 Å². The predicted molar refractivity (Wildman–Crippen MR) is 75.0 cm³/mol. The second kappa shape index (κ2) is 8.09. The molecule has 2 atom stereocenters. The summed E-state index contributed by atoms with van der Waals surface area (Å²) in [5.74, 6) is 1.65. The fourth-order valence-corrected chi connectivity index (χ4v) is 3.24. The molecule has 0 fully saturated rings. The van der Waals surface area contributed by atoms with Crippen LogP contribution in [-0.2, 0) is 9.84 Å². The van der Waals surface area contributed by atoms with Crippen LogP contribution in [0.15, 0.2) is 0 Å². The Morgan fingerprint density at radius 1 is 1.00 bits per heavy atom. The van der Waals surface area contributed by atoms with Crippen molar-refractivity contribution < 1.29 is 8.42 Å². The van der Waals surface area contributed by atoms with E-state index in [9.17, 15) is 8.42 Å². The Bertz CT molecular complexity index is 286. The molecule has 0 saturated carbocycles. The highest BCUT2D eigenvalue weighted by molar-refractivity contribution is 7.91. The van der Waals surface area contributed by atoms with E-state index in [0.29, 0.717) is 29.4 Å². The van der Waals surface area contributed by atoms with E-state index in [0.717, 1.165) is 19.4 Å². The molecule has 0 aliphatic carbocycles. The normalized spacial score (nSPS) is 16.1. The second-order valence-corrected chi connectivity index (χ2v) is 7.76. The quantitative estimate of drug-likeness (QED) is 0.695. The lowest BCUT2D eigenvalue weighted by atomic mass is 9.93. The van der Waals surface area contributed by atoms with Crippen molar-refractivity contribution in [3.05, 3.63) is 0 Å². The van der Waals surface area contributed by atoms with Gasteiger partial charge in [-0.15, -0.1) is 0 Å². The van der Waals surface area contributed by atoms with Crippen molar-refractivity contribution in [2.75, 3.05) is 18.1 Å². The van der Waals surface area contributed by atoms with Crippen molar-refractivity contribution in [1.82, 2.24) is 5.32 Å². The Balaban J connectivity index is 3.96. The zero-order chi connectivity index (χ0) is 13.5. The van der Waals surface area contributed by atoms with Crippen LogP contribution in [0.2, 0.25) is 0 Å². The van der Waals surface area contributed by atoms with Crippen LogP contribution in [-0.4, -0.2) is 32.5 Å². The van der Waals surface area contributed by atoms with Gasteiger partial charge < -0.3 is 5.32 Å². The molecule has 4 heteroatoms. The summed E-state index contributed by atoms with van der Waals surface area (Å²) in [6.07, 6.45) is 1.50. The maximum atomic E-state index is 11.6. The maximum Gasteiger partial charge on any atom is 0.150 e. The average Bonchev–Trinajstić information content (AvgIpc) is 2.22. The molecule has 3 nitrogen and oxygen atoms in total. The first-order valence-corrected chi connectivity index (χ1v) is 8.54. The van der Waals surface area contributed by atoms with Crippen molar-refractivity contribution >= 4 is 9.84 Å². The van der Waals surface area contributed by atoms with E-state index in [4.69, 9.17) is 0 Å². The molecule has 0 aromatic heterocycles. The molecule has 0 aliphatic rings. The summed E-state index contributed by atoms with van der Waals surface area (Å²) in [4.78, 5) is 0. The van der Waals surface area contributed by atoms with Gasteiger partial charge in [0.2, 0.25) is 0 Å². The van der Waals surface area contributed by atoms with Crippen LogP contribution in [0.5, 0.6) is 0 Å². The molecule has 0 aliphatic heterocycles. The topological polar surface area (TPSA) is 46.2 Å². The number of sulfone groups is 1. The highest BCUT2D eigenvalue weighted by atomic mass is 32.2. The van der Waals surface area contributed by atoms with Crippen LogP contribution < -0.4 is 5.32 Å². The van der Waals surface area contributed by atoms with Gasteiger partial charge in [0.05, 0.1) is 5.75 Å². The first-order valence-electron chi connectivity index (χ1n) is 6.72. The Kier molecular flexibility index (Phi) is 8.05. The minimum absolute atomic E-state index is 0.332. The van der Waals surface area contributed by atoms with Gasteiger partial charge in [-0.05, 0) is 31.2 Å². The van der Waals surface area contributed by atoms with Crippen LogP contribution in [0, 0.1) is 11.8 Å². The lowest BCUT2D eigenvalue weighted by Crippen LogP contribution is -2.31. The van der Waals surface area contributed by atoms with E-state index < -0.39 is 9.84 Å². The minimum atomic E-state index is -2.81. The zero-order valence-electron chi connectivity index (χ0n) is 12.0. The summed E-state index contributed by atoms with van der Waals surface area (Å²) >= 11 is 0. The molecular weight excluding hydrogens is 234 g/mol. The Hall–Kier alpha value is -0.0900. The minimum Gasteiger partial charge on any atom is -0.314 e. The van der Waals surface area contributed by atoms with Gasteiger partial charge in [-0.1, -0.05) is 34.6 Å². The van der Waals surface area contributed by atoms with Gasteiger partial charge in [0, 0.05) is 11.8 Å². The Labute approximate surface area is 107 Å². The lowest BCUT2D eigenvalue weighted by molar-refractivity contribution is 0.348. The maximum absolute atomic E-state index is 11.6. The molecule has 2 unspecified atom stereocenters. The van der Waals surface area contributed by atoms with Crippen molar-refractivity contribution in [2.45, 2.75) is 53.5 Å². The summed E-state index contributed by atoms with van der Waals surface area (Å²) in [7, 11) is -2.81. The van der Waals surface area contributed by atoms with Gasteiger partial charge in [0.15, 0.2) is 0 Å². The van der Waals surface area contributed by atoms with E-state index >= 15 is 0 Å². The van der Waals surface area contributed by atoms with Gasteiger partial charge >= 0.3 is 0 Å². The standard InChI is InChI=1S/C13H29NO2S/c1-6-8-17(15,16)9-7-12(4)13(5)10-14-11(2)3/h11-14H,6-10H2,1-5H3. The molecular formula is C13H29NO2S. The smallest absolute Gasteiger partial charge is 0.150 e. The van der Waals surface area contributed by atoms with Crippen LogP contribution in [0.4, 0.5) is 0 Å².